The number of hydrogen-bond donors (Lipinski definition) is 1. The van der Waals surface area contributed by atoms with Crippen LogP contribution in [-0.2, 0) is 0 Å². The molecule has 0 aliphatic rings. The molecule has 1 N–H and O–H groups in total. The van der Waals surface area contributed by atoms with E-state index in [1.54, 1.807) is 0 Å². The van der Waals surface area contributed by atoms with Gasteiger partial charge in [-0.15, -0.1) is 11.6 Å². The molecule has 0 aliphatic carbocycles. The van der Waals surface area contributed by atoms with E-state index in [9.17, 15) is 4.79 Å². The van der Waals surface area contributed by atoms with Crippen LogP contribution in [0.5, 0.6) is 0 Å². The van der Waals surface area contributed by atoms with Crippen LogP contribution in [0.15, 0.2) is 22.7 Å². The Hall–Kier alpha value is -0.540. The summed E-state index contributed by atoms with van der Waals surface area (Å²) >= 11 is 9.55. The van der Waals surface area contributed by atoms with Gasteiger partial charge < -0.3 is 5.32 Å². The molecule has 1 unspecified atom stereocenters. The van der Waals surface area contributed by atoms with E-state index in [4.69, 9.17) is 11.6 Å². The van der Waals surface area contributed by atoms with Crippen LogP contribution >= 0.6 is 27.5 Å². The van der Waals surface area contributed by atoms with Crippen LogP contribution in [0, 0.1) is 12.8 Å². The zero-order chi connectivity index (χ0) is 13.7. The summed E-state index contributed by atoms with van der Waals surface area (Å²) in [6.07, 6.45) is 0.900. The Labute approximate surface area is 122 Å². The van der Waals surface area contributed by atoms with Crippen molar-refractivity contribution in [2.45, 2.75) is 32.6 Å². The summed E-state index contributed by atoms with van der Waals surface area (Å²) in [6, 6.07) is 5.67. The molecule has 4 heteroatoms. The molecule has 0 radical (unpaired) electrons. The highest BCUT2D eigenvalue weighted by Gasteiger charge is 2.12. The molecule has 100 valence electrons. The lowest BCUT2D eigenvalue weighted by atomic mass is 10.1. The number of carbonyl (C=O) groups excluding carboxylic acids is 1. The summed E-state index contributed by atoms with van der Waals surface area (Å²) < 4.78 is 0.815. The smallest absolute Gasteiger partial charge is 0.252 e. The average Bonchev–Trinajstić information content (AvgIpc) is 2.25. The quantitative estimate of drug-likeness (QED) is 0.807. The van der Waals surface area contributed by atoms with E-state index in [1.165, 1.54) is 0 Å². The van der Waals surface area contributed by atoms with Gasteiger partial charge in [-0.3, -0.25) is 4.79 Å². The number of alkyl halides is 1. The van der Waals surface area contributed by atoms with E-state index >= 15 is 0 Å². The van der Waals surface area contributed by atoms with Crippen LogP contribution in [-0.4, -0.2) is 17.8 Å². The number of rotatable bonds is 5. The summed E-state index contributed by atoms with van der Waals surface area (Å²) in [5, 5.41) is 2.85. The van der Waals surface area contributed by atoms with Gasteiger partial charge in [0.05, 0.1) is 10.9 Å². The van der Waals surface area contributed by atoms with Gasteiger partial charge in [-0.25, -0.2) is 0 Å². The summed E-state index contributed by atoms with van der Waals surface area (Å²) in [5.74, 6) is 0.451. The Balaban J connectivity index is 2.55. The van der Waals surface area contributed by atoms with Crippen LogP contribution in [0.3, 0.4) is 0 Å². The molecule has 18 heavy (non-hydrogen) atoms. The highest BCUT2D eigenvalue weighted by Crippen LogP contribution is 2.18. The molecule has 2 nitrogen and oxygen atoms in total. The molecule has 0 saturated carbocycles. The van der Waals surface area contributed by atoms with Crippen LogP contribution in [0.25, 0.3) is 0 Å². The zero-order valence-corrected chi connectivity index (χ0v) is 13.3. The van der Waals surface area contributed by atoms with E-state index in [1.807, 2.05) is 25.1 Å². The van der Waals surface area contributed by atoms with Crippen molar-refractivity contribution >= 4 is 33.4 Å². The van der Waals surface area contributed by atoms with Crippen LogP contribution < -0.4 is 5.32 Å². The predicted octanol–water partition coefficient (Wildman–Crippen LogP) is 4.14. The maximum atomic E-state index is 12.0. The van der Waals surface area contributed by atoms with Crippen molar-refractivity contribution in [2.75, 3.05) is 6.54 Å². The monoisotopic (exact) mass is 331 g/mol. The first-order valence-corrected chi connectivity index (χ1v) is 7.31. The molecule has 0 spiro atoms. The molecule has 0 fully saturated rings. The van der Waals surface area contributed by atoms with Gasteiger partial charge in [0.15, 0.2) is 0 Å². The Bertz CT molecular complexity index is 420. The second-order valence-electron chi connectivity index (χ2n) is 4.92. The molecule has 0 aliphatic heterocycles. The van der Waals surface area contributed by atoms with Gasteiger partial charge in [-0.05, 0) is 52.9 Å². The Morgan fingerprint density at radius 3 is 2.67 bits per heavy atom. The third-order valence-corrected chi connectivity index (χ3v) is 3.57. The van der Waals surface area contributed by atoms with E-state index < -0.39 is 0 Å². The molecular formula is C14H19BrClNO. The van der Waals surface area contributed by atoms with Crippen molar-refractivity contribution in [1.82, 2.24) is 5.32 Å². The van der Waals surface area contributed by atoms with Gasteiger partial charge in [0.2, 0.25) is 0 Å². The van der Waals surface area contributed by atoms with E-state index in [-0.39, 0.29) is 11.3 Å². The first-order chi connectivity index (χ1) is 8.40. The summed E-state index contributed by atoms with van der Waals surface area (Å²) in [5.41, 5.74) is 1.77. The number of hydrogen-bond acceptors (Lipinski definition) is 1. The van der Waals surface area contributed by atoms with Crippen molar-refractivity contribution in [3.63, 3.8) is 0 Å². The summed E-state index contributed by atoms with van der Waals surface area (Å²) in [7, 11) is 0. The van der Waals surface area contributed by atoms with Crippen molar-refractivity contribution < 1.29 is 4.79 Å². The van der Waals surface area contributed by atoms with Gasteiger partial charge >= 0.3 is 0 Å². The zero-order valence-electron chi connectivity index (χ0n) is 11.0. The molecule has 0 aromatic heterocycles. The minimum atomic E-state index is -0.0868. The minimum Gasteiger partial charge on any atom is -0.351 e. The second kappa shape index (κ2) is 7.15. The lowest BCUT2D eigenvalue weighted by molar-refractivity contribution is 0.0952. The molecule has 0 bridgehead atoms. The van der Waals surface area contributed by atoms with Gasteiger partial charge in [0, 0.05) is 11.0 Å². The average molecular weight is 333 g/mol. The fourth-order valence-electron chi connectivity index (χ4n) is 1.70. The minimum absolute atomic E-state index is 0.0156. The number of carbonyl (C=O) groups is 1. The standard InChI is InChI=1S/C14H19BrClNO/c1-9(2)6-11(16)8-17-14(18)12-5-4-10(3)7-13(12)15/h4-5,7,9,11H,6,8H2,1-3H3,(H,17,18). The van der Waals surface area contributed by atoms with Gasteiger partial charge in [0.1, 0.15) is 0 Å². The molecule has 1 amide bonds. The molecule has 1 aromatic carbocycles. The predicted molar refractivity (Wildman–Crippen MR) is 80.3 cm³/mol. The van der Waals surface area contributed by atoms with Crippen molar-refractivity contribution in [2.24, 2.45) is 5.92 Å². The first kappa shape index (κ1) is 15.5. The van der Waals surface area contributed by atoms with Gasteiger partial charge in [-0.2, -0.15) is 0 Å². The topological polar surface area (TPSA) is 29.1 Å². The van der Waals surface area contributed by atoms with E-state index in [0.29, 0.717) is 18.0 Å². The van der Waals surface area contributed by atoms with E-state index in [2.05, 4.69) is 35.1 Å². The Kier molecular flexibility index (Phi) is 6.16. The SMILES string of the molecule is Cc1ccc(C(=O)NCC(Cl)CC(C)C)c(Br)c1. The largest absolute Gasteiger partial charge is 0.351 e. The number of halogens is 2. The highest BCUT2D eigenvalue weighted by molar-refractivity contribution is 9.10. The van der Waals surface area contributed by atoms with Crippen molar-refractivity contribution in [3.8, 4) is 0 Å². The number of benzene rings is 1. The third kappa shape index (κ3) is 4.99. The van der Waals surface area contributed by atoms with Crippen molar-refractivity contribution in [1.29, 1.82) is 0 Å². The molecule has 0 saturated heterocycles. The number of nitrogens with one attached hydrogen (secondary N) is 1. The fraction of sp³-hybridized carbons (Fsp3) is 0.500. The van der Waals surface area contributed by atoms with Gasteiger partial charge in [-0.1, -0.05) is 19.9 Å². The second-order valence-corrected chi connectivity index (χ2v) is 6.39. The normalized spacial score (nSPS) is 12.6. The molecular weight excluding hydrogens is 314 g/mol. The maximum absolute atomic E-state index is 12.0. The maximum Gasteiger partial charge on any atom is 0.252 e. The van der Waals surface area contributed by atoms with Crippen LogP contribution in [0.1, 0.15) is 36.2 Å². The lowest BCUT2D eigenvalue weighted by Crippen LogP contribution is -2.30. The summed E-state index contributed by atoms with van der Waals surface area (Å²) in [4.78, 5) is 12.0. The first-order valence-electron chi connectivity index (χ1n) is 6.08. The molecule has 1 rings (SSSR count). The Morgan fingerprint density at radius 2 is 2.11 bits per heavy atom. The third-order valence-electron chi connectivity index (χ3n) is 2.58. The number of aryl methyl sites for hydroxylation is 1. The number of amides is 1. The lowest BCUT2D eigenvalue weighted by Gasteiger charge is -2.13. The van der Waals surface area contributed by atoms with E-state index in [0.717, 1.165) is 16.5 Å². The molecule has 1 aromatic rings. The summed E-state index contributed by atoms with van der Waals surface area (Å²) in [6.45, 7) is 6.73. The highest BCUT2D eigenvalue weighted by atomic mass is 79.9. The molecule has 1 atom stereocenters. The van der Waals surface area contributed by atoms with Crippen LogP contribution in [0.4, 0.5) is 0 Å². The fourth-order valence-corrected chi connectivity index (χ4v) is 2.80. The Morgan fingerprint density at radius 1 is 1.44 bits per heavy atom. The van der Waals surface area contributed by atoms with Crippen molar-refractivity contribution in [3.05, 3.63) is 33.8 Å². The van der Waals surface area contributed by atoms with Gasteiger partial charge in [0.25, 0.3) is 5.91 Å². The van der Waals surface area contributed by atoms with Crippen LogP contribution in [0.2, 0.25) is 0 Å². The molecule has 0 heterocycles.